The molecule has 0 radical (unpaired) electrons. The van der Waals surface area contributed by atoms with E-state index in [0.717, 1.165) is 0 Å². The van der Waals surface area contributed by atoms with Crippen LogP contribution in [0.2, 0.25) is 0 Å². The summed E-state index contributed by atoms with van der Waals surface area (Å²) in [6.07, 6.45) is 0. The number of methoxy groups -OCH3 is 1. The van der Waals surface area contributed by atoms with Gasteiger partial charge in [0.2, 0.25) is 0 Å². The van der Waals surface area contributed by atoms with Crippen molar-refractivity contribution in [3.05, 3.63) is 84.2 Å². The van der Waals surface area contributed by atoms with Gasteiger partial charge in [-0.1, -0.05) is 6.07 Å². The number of hydrogen-bond donors (Lipinski definition) is 2. The number of sulfonamides is 1. The molecule has 0 fully saturated rings. The highest BCUT2D eigenvalue weighted by molar-refractivity contribution is 7.92. The van der Waals surface area contributed by atoms with Crippen LogP contribution < -0.4 is 14.8 Å². The molecule has 3 aromatic carbocycles. The summed E-state index contributed by atoms with van der Waals surface area (Å²) in [5.41, 5.74) is 1.07. The first-order valence-corrected chi connectivity index (χ1v) is 9.69. The van der Waals surface area contributed by atoms with Crippen LogP contribution in [0.5, 0.6) is 5.75 Å². The number of nitrogens with one attached hydrogen (secondary N) is 2. The summed E-state index contributed by atoms with van der Waals surface area (Å²) >= 11 is 0. The lowest BCUT2D eigenvalue weighted by Gasteiger charge is -2.10. The lowest BCUT2D eigenvalue weighted by Crippen LogP contribution is -2.14. The van der Waals surface area contributed by atoms with Gasteiger partial charge in [0.25, 0.3) is 15.9 Å². The first-order chi connectivity index (χ1) is 13.4. The molecule has 3 aromatic rings. The molecule has 0 saturated carbocycles. The highest BCUT2D eigenvalue weighted by Gasteiger charge is 2.15. The van der Waals surface area contributed by atoms with Crippen LogP contribution in [0.15, 0.2) is 77.7 Å². The molecule has 28 heavy (non-hydrogen) atoms. The van der Waals surface area contributed by atoms with Gasteiger partial charge in [-0.15, -0.1) is 0 Å². The van der Waals surface area contributed by atoms with Crippen molar-refractivity contribution in [2.75, 3.05) is 17.1 Å². The van der Waals surface area contributed by atoms with Crippen molar-refractivity contribution in [3.63, 3.8) is 0 Å². The molecule has 0 aliphatic heterocycles. The van der Waals surface area contributed by atoms with E-state index in [9.17, 15) is 17.6 Å². The molecule has 0 aromatic heterocycles. The molecule has 0 aliphatic rings. The van der Waals surface area contributed by atoms with Crippen LogP contribution in [-0.2, 0) is 10.0 Å². The number of halogens is 1. The van der Waals surface area contributed by atoms with E-state index in [2.05, 4.69) is 10.0 Å². The van der Waals surface area contributed by atoms with Gasteiger partial charge >= 0.3 is 0 Å². The van der Waals surface area contributed by atoms with E-state index >= 15 is 0 Å². The largest absolute Gasteiger partial charge is 0.497 e. The number of rotatable bonds is 6. The van der Waals surface area contributed by atoms with Crippen molar-refractivity contribution in [2.24, 2.45) is 0 Å². The van der Waals surface area contributed by atoms with Gasteiger partial charge in [-0.2, -0.15) is 0 Å². The normalized spacial score (nSPS) is 10.9. The van der Waals surface area contributed by atoms with Crippen LogP contribution in [0, 0.1) is 5.82 Å². The van der Waals surface area contributed by atoms with Crippen LogP contribution in [0.4, 0.5) is 15.8 Å². The van der Waals surface area contributed by atoms with Gasteiger partial charge in [0.1, 0.15) is 11.6 Å². The van der Waals surface area contributed by atoms with Crippen LogP contribution in [0.25, 0.3) is 0 Å². The summed E-state index contributed by atoms with van der Waals surface area (Å²) in [5, 5.41) is 2.63. The number of amides is 1. The predicted octanol–water partition coefficient (Wildman–Crippen LogP) is 3.89. The minimum Gasteiger partial charge on any atom is -0.497 e. The Bertz CT molecular complexity index is 1080. The third-order valence-corrected chi connectivity index (χ3v) is 5.25. The monoisotopic (exact) mass is 400 g/mol. The van der Waals surface area contributed by atoms with Crippen LogP contribution in [-0.4, -0.2) is 21.4 Å². The second-order valence-electron chi connectivity index (χ2n) is 5.82. The Morgan fingerprint density at radius 3 is 2.25 bits per heavy atom. The summed E-state index contributed by atoms with van der Waals surface area (Å²) < 4.78 is 45.5. The maximum Gasteiger partial charge on any atom is 0.261 e. The van der Waals surface area contributed by atoms with Gasteiger partial charge in [-0.25, -0.2) is 12.8 Å². The minimum atomic E-state index is -3.80. The van der Waals surface area contributed by atoms with Gasteiger partial charge in [0.15, 0.2) is 0 Å². The molecule has 144 valence electrons. The van der Waals surface area contributed by atoms with Crippen molar-refractivity contribution in [1.29, 1.82) is 0 Å². The first kappa shape index (κ1) is 19.4. The summed E-state index contributed by atoms with van der Waals surface area (Å²) in [6.45, 7) is 0. The number of ether oxygens (including phenoxy) is 1. The highest BCUT2D eigenvalue weighted by Crippen LogP contribution is 2.22. The lowest BCUT2D eigenvalue weighted by molar-refractivity contribution is 0.102. The Balaban J connectivity index is 1.72. The molecule has 0 unspecified atom stereocenters. The third kappa shape index (κ3) is 4.66. The number of carbonyl (C=O) groups is 1. The fourth-order valence-electron chi connectivity index (χ4n) is 2.42. The number of carbonyl (C=O) groups excluding carboxylic acids is 1. The maximum absolute atomic E-state index is 12.9. The summed E-state index contributed by atoms with van der Waals surface area (Å²) in [5.74, 6) is -0.334. The molecular formula is C20H17FN2O4S. The summed E-state index contributed by atoms with van der Waals surface area (Å²) in [7, 11) is -2.31. The molecule has 0 aliphatic carbocycles. The summed E-state index contributed by atoms with van der Waals surface area (Å²) in [6, 6.07) is 17.4. The van der Waals surface area contributed by atoms with E-state index in [1.807, 2.05) is 0 Å². The molecule has 0 spiro atoms. The quantitative estimate of drug-likeness (QED) is 0.658. The first-order valence-electron chi connectivity index (χ1n) is 8.21. The molecule has 8 heteroatoms. The summed E-state index contributed by atoms with van der Waals surface area (Å²) in [4.78, 5) is 12.2. The lowest BCUT2D eigenvalue weighted by atomic mass is 10.2. The second kappa shape index (κ2) is 8.10. The van der Waals surface area contributed by atoms with E-state index in [1.165, 1.54) is 55.6 Å². The van der Waals surface area contributed by atoms with Crippen LogP contribution in [0.3, 0.4) is 0 Å². The zero-order valence-corrected chi connectivity index (χ0v) is 15.7. The van der Waals surface area contributed by atoms with Gasteiger partial charge in [-0.3, -0.25) is 9.52 Å². The molecule has 1 amide bonds. The molecule has 0 bridgehead atoms. The zero-order chi connectivity index (χ0) is 20.1. The van der Waals surface area contributed by atoms with Crippen LogP contribution >= 0.6 is 0 Å². The average molecular weight is 400 g/mol. The van der Waals surface area contributed by atoms with Crippen molar-refractivity contribution in [3.8, 4) is 5.75 Å². The van der Waals surface area contributed by atoms with Gasteiger partial charge in [0.05, 0.1) is 17.7 Å². The second-order valence-corrected chi connectivity index (χ2v) is 7.51. The van der Waals surface area contributed by atoms with E-state index < -0.39 is 21.7 Å². The van der Waals surface area contributed by atoms with Crippen molar-refractivity contribution >= 4 is 27.3 Å². The SMILES string of the molecule is COc1cccc(NS(=O)(=O)c2ccc(NC(=O)c3ccc(F)cc3)cc2)c1. The Labute approximate surface area is 162 Å². The fourth-order valence-corrected chi connectivity index (χ4v) is 3.47. The standard InChI is InChI=1S/C20H17FN2O4S/c1-27-18-4-2-3-17(13-18)23-28(25,26)19-11-9-16(10-12-19)22-20(24)14-5-7-15(21)8-6-14/h2-13,23H,1H3,(H,22,24). The average Bonchev–Trinajstić information content (AvgIpc) is 2.68. The van der Waals surface area contributed by atoms with E-state index in [-0.39, 0.29) is 10.5 Å². The molecule has 0 heterocycles. The molecule has 0 saturated heterocycles. The molecule has 0 atom stereocenters. The smallest absolute Gasteiger partial charge is 0.261 e. The number of benzene rings is 3. The molecule has 6 nitrogen and oxygen atoms in total. The number of hydrogen-bond acceptors (Lipinski definition) is 4. The maximum atomic E-state index is 12.9. The third-order valence-electron chi connectivity index (χ3n) is 3.85. The Morgan fingerprint density at radius 1 is 0.929 bits per heavy atom. The van der Waals surface area contributed by atoms with Crippen molar-refractivity contribution in [2.45, 2.75) is 4.90 Å². The van der Waals surface area contributed by atoms with E-state index in [0.29, 0.717) is 17.1 Å². The molecule has 2 N–H and O–H groups in total. The van der Waals surface area contributed by atoms with Gasteiger partial charge in [0, 0.05) is 17.3 Å². The molecular weight excluding hydrogens is 383 g/mol. The fraction of sp³-hybridized carbons (Fsp3) is 0.0500. The van der Waals surface area contributed by atoms with Crippen molar-refractivity contribution in [1.82, 2.24) is 0 Å². The van der Waals surface area contributed by atoms with Gasteiger partial charge < -0.3 is 10.1 Å². The Hall–Kier alpha value is -3.39. The molecule has 3 rings (SSSR count). The predicted molar refractivity (Wildman–Crippen MR) is 105 cm³/mol. The Morgan fingerprint density at radius 2 is 1.61 bits per heavy atom. The topological polar surface area (TPSA) is 84.5 Å². The van der Waals surface area contributed by atoms with Gasteiger partial charge in [-0.05, 0) is 60.7 Å². The zero-order valence-electron chi connectivity index (χ0n) is 14.8. The minimum absolute atomic E-state index is 0.0371. The highest BCUT2D eigenvalue weighted by atomic mass is 32.2. The van der Waals surface area contributed by atoms with E-state index in [4.69, 9.17) is 4.74 Å². The Kier molecular flexibility index (Phi) is 5.60. The van der Waals surface area contributed by atoms with Crippen molar-refractivity contribution < 1.29 is 22.3 Å². The number of anilines is 2. The van der Waals surface area contributed by atoms with Crippen LogP contribution in [0.1, 0.15) is 10.4 Å². The van der Waals surface area contributed by atoms with E-state index in [1.54, 1.807) is 24.3 Å².